The van der Waals surface area contributed by atoms with E-state index in [0.29, 0.717) is 11.7 Å². The molecule has 3 aromatic rings. The Morgan fingerprint density at radius 2 is 2.12 bits per heavy atom. The molecule has 1 saturated heterocycles. The predicted octanol–water partition coefficient (Wildman–Crippen LogP) is 3.31. The minimum absolute atomic E-state index is 0.196. The van der Waals surface area contributed by atoms with Gasteiger partial charge in [0.2, 0.25) is 5.95 Å². The summed E-state index contributed by atoms with van der Waals surface area (Å²) in [4.78, 5) is 15.8. The zero-order valence-corrected chi connectivity index (χ0v) is 15.0. The molecule has 0 aliphatic carbocycles. The van der Waals surface area contributed by atoms with Crippen LogP contribution in [0, 0.1) is 12.8 Å². The van der Waals surface area contributed by atoms with E-state index in [1.807, 2.05) is 37.5 Å². The fourth-order valence-electron chi connectivity index (χ4n) is 3.41. The fraction of sp³-hybridized carbons (Fsp3) is 0.350. The second kappa shape index (κ2) is 6.88. The summed E-state index contributed by atoms with van der Waals surface area (Å²) >= 11 is 0. The zero-order chi connectivity index (χ0) is 18.1. The molecule has 2 atom stereocenters. The average Bonchev–Trinajstić information content (AvgIpc) is 3.19. The van der Waals surface area contributed by atoms with Crippen LogP contribution in [0.25, 0.3) is 22.6 Å². The number of hydrogen-bond donors (Lipinski definition) is 1. The lowest BCUT2D eigenvalue weighted by Gasteiger charge is -2.34. The highest BCUT2D eigenvalue weighted by Gasteiger charge is 2.26. The Labute approximate surface area is 152 Å². The van der Waals surface area contributed by atoms with Crippen molar-refractivity contribution in [1.29, 1.82) is 0 Å². The molecule has 4 rings (SSSR count). The van der Waals surface area contributed by atoms with Gasteiger partial charge in [0, 0.05) is 37.2 Å². The van der Waals surface area contributed by atoms with Crippen molar-refractivity contribution in [2.45, 2.75) is 26.4 Å². The smallest absolute Gasteiger partial charge is 0.226 e. The first-order valence-corrected chi connectivity index (χ1v) is 8.88. The SMILES string of the molecule is Cc1cnccc1-c1cnc(N2CCC(O)C(C)C2)nc1-c1ccco1. The van der Waals surface area contributed by atoms with Crippen LogP contribution in [-0.4, -0.2) is 39.3 Å². The Morgan fingerprint density at radius 3 is 2.85 bits per heavy atom. The predicted molar refractivity (Wildman–Crippen MR) is 99.7 cm³/mol. The summed E-state index contributed by atoms with van der Waals surface area (Å²) in [5, 5.41) is 9.98. The van der Waals surface area contributed by atoms with Crippen LogP contribution in [0.15, 0.2) is 47.5 Å². The maximum Gasteiger partial charge on any atom is 0.226 e. The first kappa shape index (κ1) is 16.7. The number of furan rings is 1. The molecule has 1 fully saturated rings. The van der Waals surface area contributed by atoms with Crippen molar-refractivity contribution in [3.05, 3.63) is 48.6 Å². The van der Waals surface area contributed by atoms with Gasteiger partial charge in [-0.1, -0.05) is 6.92 Å². The van der Waals surface area contributed by atoms with Gasteiger partial charge in [0.15, 0.2) is 5.76 Å². The molecule has 3 aromatic heterocycles. The lowest BCUT2D eigenvalue weighted by Crippen LogP contribution is -2.42. The molecule has 0 bridgehead atoms. The maximum absolute atomic E-state index is 9.98. The Hall–Kier alpha value is -2.73. The molecule has 1 N–H and O–H groups in total. The van der Waals surface area contributed by atoms with Gasteiger partial charge in [0.1, 0.15) is 5.69 Å². The summed E-state index contributed by atoms with van der Waals surface area (Å²) in [5.74, 6) is 1.58. The van der Waals surface area contributed by atoms with Gasteiger partial charge in [-0.15, -0.1) is 0 Å². The standard InChI is InChI=1S/C20H22N4O2/c1-13-10-21-7-5-15(13)16-11-22-20(23-19(16)18-4-3-9-26-18)24-8-6-17(25)14(2)12-24/h3-5,7,9-11,14,17,25H,6,8,12H2,1-2H3. The van der Waals surface area contributed by atoms with Crippen molar-refractivity contribution in [3.8, 4) is 22.6 Å². The van der Waals surface area contributed by atoms with Crippen molar-refractivity contribution in [2.75, 3.05) is 18.0 Å². The lowest BCUT2D eigenvalue weighted by atomic mass is 9.97. The van der Waals surface area contributed by atoms with Crippen LogP contribution in [0.4, 0.5) is 5.95 Å². The van der Waals surface area contributed by atoms with E-state index in [0.717, 1.165) is 41.9 Å². The normalized spacial score (nSPS) is 20.3. The molecular weight excluding hydrogens is 328 g/mol. The Bertz CT molecular complexity index is 895. The lowest BCUT2D eigenvalue weighted by molar-refractivity contribution is 0.0966. The maximum atomic E-state index is 9.98. The fourth-order valence-corrected chi connectivity index (χ4v) is 3.41. The third-order valence-corrected chi connectivity index (χ3v) is 4.98. The second-order valence-electron chi connectivity index (χ2n) is 6.88. The van der Waals surface area contributed by atoms with Crippen LogP contribution < -0.4 is 4.90 Å². The van der Waals surface area contributed by atoms with Crippen molar-refractivity contribution < 1.29 is 9.52 Å². The zero-order valence-electron chi connectivity index (χ0n) is 15.0. The van der Waals surface area contributed by atoms with Crippen molar-refractivity contribution in [3.63, 3.8) is 0 Å². The highest BCUT2D eigenvalue weighted by Crippen LogP contribution is 2.33. The van der Waals surface area contributed by atoms with Gasteiger partial charge >= 0.3 is 0 Å². The number of aliphatic hydroxyl groups is 1. The van der Waals surface area contributed by atoms with E-state index < -0.39 is 0 Å². The highest BCUT2D eigenvalue weighted by atomic mass is 16.3. The topological polar surface area (TPSA) is 75.3 Å². The molecule has 0 amide bonds. The molecule has 6 nitrogen and oxygen atoms in total. The van der Waals surface area contributed by atoms with E-state index >= 15 is 0 Å². The summed E-state index contributed by atoms with van der Waals surface area (Å²) in [7, 11) is 0. The van der Waals surface area contributed by atoms with Crippen LogP contribution in [0.2, 0.25) is 0 Å². The van der Waals surface area contributed by atoms with E-state index in [-0.39, 0.29) is 12.0 Å². The molecule has 6 heteroatoms. The third-order valence-electron chi connectivity index (χ3n) is 4.98. The molecule has 1 aliphatic rings. The van der Waals surface area contributed by atoms with Crippen LogP contribution in [0.5, 0.6) is 0 Å². The highest BCUT2D eigenvalue weighted by molar-refractivity contribution is 5.80. The van der Waals surface area contributed by atoms with Crippen molar-refractivity contribution >= 4 is 5.95 Å². The van der Waals surface area contributed by atoms with E-state index in [1.54, 1.807) is 12.5 Å². The van der Waals surface area contributed by atoms with Gasteiger partial charge in [-0.2, -0.15) is 0 Å². The number of pyridine rings is 1. The Balaban J connectivity index is 1.78. The number of rotatable bonds is 3. The summed E-state index contributed by atoms with van der Waals surface area (Å²) in [6.07, 6.45) is 7.59. The molecule has 2 unspecified atom stereocenters. The molecule has 0 aromatic carbocycles. The van der Waals surface area contributed by atoms with Gasteiger partial charge < -0.3 is 14.4 Å². The van der Waals surface area contributed by atoms with E-state index in [2.05, 4.69) is 21.8 Å². The number of hydrogen-bond acceptors (Lipinski definition) is 6. The molecule has 0 spiro atoms. The monoisotopic (exact) mass is 350 g/mol. The number of piperidine rings is 1. The number of aliphatic hydroxyl groups excluding tert-OH is 1. The van der Waals surface area contributed by atoms with Gasteiger partial charge in [-0.05, 0) is 48.6 Å². The van der Waals surface area contributed by atoms with Gasteiger partial charge in [-0.25, -0.2) is 9.97 Å². The van der Waals surface area contributed by atoms with Crippen LogP contribution >= 0.6 is 0 Å². The Kier molecular flexibility index (Phi) is 4.42. The van der Waals surface area contributed by atoms with Crippen LogP contribution in [-0.2, 0) is 0 Å². The quantitative estimate of drug-likeness (QED) is 0.781. The van der Waals surface area contributed by atoms with Crippen LogP contribution in [0.3, 0.4) is 0 Å². The summed E-state index contributed by atoms with van der Waals surface area (Å²) in [6, 6.07) is 5.74. The third kappa shape index (κ3) is 3.08. The number of aryl methyl sites for hydroxylation is 1. The van der Waals surface area contributed by atoms with Gasteiger partial charge in [-0.3, -0.25) is 4.98 Å². The first-order valence-electron chi connectivity index (χ1n) is 8.88. The van der Waals surface area contributed by atoms with E-state index in [9.17, 15) is 5.11 Å². The van der Waals surface area contributed by atoms with Crippen molar-refractivity contribution in [2.24, 2.45) is 5.92 Å². The second-order valence-corrected chi connectivity index (χ2v) is 6.88. The first-order chi connectivity index (χ1) is 12.6. The van der Waals surface area contributed by atoms with Crippen LogP contribution in [0.1, 0.15) is 18.9 Å². The van der Waals surface area contributed by atoms with E-state index in [4.69, 9.17) is 9.40 Å². The van der Waals surface area contributed by atoms with Crippen molar-refractivity contribution in [1.82, 2.24) is 15.0 Å². The summed E-state index contributed by atoms with van der Waals surface area (Å²) < 4.78 is 5.64. The number of nitrogens with zero attached hydrogens (tertiary/aromatic N) is 4. The summed E-state index contributed by atoms with van der Waals surface area (Å²) in [5.41, 5.74) is 3.80. The number of aromatic nitrogens is 3. The molecule has 0 radical (unpaired) electrons. The molecule has 0 saturated carbocycles. The molecule has 134 valence electrons. The van der Waals surface area contributed by atoms with E-state index in [1.165, 1.54) is 0 Å². The van der Waals surface area contributed by atoms with Gasteiger partial charge in [0.05, 0.1) is 12.4 Å². The molecule has 26 heavy (non-hydrogen) atoms. The Morgan fingerprint density at radius 1 is 1.23 bits per heavy atom. The minimum atomic E-state index is -0.255. The van der Waals surface area contributed by atoms with Gasteiger partial charge in [0.25, 0.3) is 0 Å². The molecule has 4 heterocycles. The molecular formula is C20H22N4O2. The number of anilines is 1. The average molecular weight is 350 g/mol. The largest absolute Gasteiger partial charge is 0.463 e. The molecule has 1 aliphatic heterocycles. The minimum Gasteiger partial charge on any atom is -0.463 e. The summed E-state index contributed by atoms with van der Waals surface area (Å²) in [6.45, 7) is 5.57.